The number of carboxylic acid groups (broad SMARTS) is 1. The van der Waals surface area contributed by atoms with E-state index in [-0.39, 0.29) is 6.42 Å². The third kappa shape index (κ3) is 3.69. The van der Waals surface area contributed by atoms with Crippen LogP contribution in [0.4, 0.5) is 11.6 Å². The number of carbonyl (C=O) groups is 1. The van der Waals surface area contributed by atoms with Crippen molar-refractivity contribution in [2.24, 2.45) is 5.73 Å². The first-order valence-electron chi connectivity index (χ1n) is 5.93. The van der Waals surface area contributed by atoms with Crippen molar-refractivity contribution in [3.05, 3.63) is 35.7 Å². The van der Waals surface area contributed by atoms with Gasteiger partial charge < -0.3 is 16.2 Å². The smallest absolute Gasteiger partial charge is 0.320 e. The molecular formula is C12H14N6O2. The van der Waals surface area contributed by atoms with Crippen molar-refractivity contribution >= 4 is 17.6 Å². The highest BCUT2D eigenvalue weighted by Gasteiger charge is 2.11. The molecule has 1 aromatic carbocycles. The summed E-state index contributed by atoms with van der Waals surface area (Å²) in [5, 5.41) is 26.9. The van der Waals surface area contributed by atoms with Gasteiger partial charge in [-0.15, -0.1) is 20.4 Å². The molecule has 1 atom stereocenters. The fourth-order valence-corrected chi connectivity index (χ4v) is 1.52. The number of nitrogens with zero attached hydrogens (tertiary/aromatic N) is 4. The molecule has 20 heavy (non-hydrogen) atoms. The minimum atomic E-state index is -1.02. The van der Waals surface area contributed by atoms with Crippen molar-refractivity contribution in [2.45, 2.75) is 19.4 Å². The van der Waals surface area contributed by atoms with Gasteiger partial charge in [0.25, 0.3) is 5.95 Å². The molecule has 0 saturated heterocycles. The summed E-state index contributed by atoms with van der Waals surface area (Å²) in [6.07, 6.45) is 0.278. The van der Waals surface area contributed by atoms with Crippen molar-refractivity contribution in [1.29, 1.82) is 0 Å². The fourth-order valence-electron chi connectivity index (χ4n) is 1.52. The molecule has 0 unspecified atom stereocenters. The van der Waals surface area contributed by atoms with Gasteiger partial charge in [-0.1, -0.05) is 12.1 Å². The second-order valence-corrected chi connectivity index (χ2v) is 4.24. The second-order valence-electron chi connectivity index (χ2n) is 4.24. The number of nitrogens with two attached hydrogens (primary N) is 1. The minimum Gasteiger partial charge on any atom is -0.480 e. The Morgan fingerprint density at radius 1 is 1.25 bits per heavy atom. The maximum Gasteiger partial charge on any atom is 0.320 e. The predicted molar refractivity (Wildman–Crippen MR) is 71.4 cm³/mol. The number of carboxylic acids is 1. The van der Waals surface area contributed by atoms with Gasteiger partial charge in [0.05, 0.1) is 0 Å². The molecule has 4 N–H and O–H groups in total. The average molecular weight is 274 g/mol. The molecule has 1 heterocycles. The maximum absolute atomic E-state index is 10.7. The van der Waals surface area contributed by atoms with Gasteiger partial charge in [-0.05, 0) is 31.0 Å². The summed E-state index contributed by atoms with van der Waals surface area (Å²) in [4.78, 5) is 10.7. The highest BCUT2D eigenvalue weighted by Crippen LogP contribution is 2.13. The van der Waals surface area contributed by atoms with E-state index in [2.05, 4.69) is 25.7 Å². The maximum atomic E-state index is 10.7. The Balaban J connectivity index is 2.01. The first-order valence-corrected chi connectivity index (χ1v) is 5.93. The van der Waals surface area contributed by atoms with Crippen LogP contribution in [-0.4, -0.2) is 37.5 Å². The Bertz CT molecular complexity index is 584. The lowest BCUT2D eigenvalue weighted by atomic mass is 10.1. The number of aryl methyl sites for hydroxylation is 1. The Labute approximate surface area is 115 Å². The van der Waals surface area contributed by atoms with Crippen molar-refractivity contribution < 1.29 is 9.90 Å². The number of rotatable bonds is 5. The zero-order valence-corrected chi connectivity index (χ0v) is 10.8. The van der Waals surface area contributed by atoms with E-state index >= 15 is 0 Å². The van der Waals surface area contributed by atoms with Crippen molar-refractivity contribution in [3.63, 3.8) is 0 Å². The summed E-state index contributed by atoms with van der Waals surface area (Å²) in [6.45, 7) is 1.70. The van der Waals surface area contributed by atoms with Gasteiger partial charge in [-0.25, -0.2) is 0 Å². The Morgan fingerprint density at radius 2 is 1.85 bits per heavy atom. The molecule has 0 aliphatic rings. The van der Waals surface area contributed by atoms with Crippen LogP contribution < -0.4 is 11.1 Å². The van der Waals surface area contributed by atoms with Crippen LogP contribution in [-0.2, 0) is 11.2 Å². The lowest BCUT2D eigenvalue weighted by Gasteiger charge is -2.08. The summed E-state index contributed by atoms with van der Waals surface area (Å²) in [5.74, 6) is -0.225. The van der Waals surface area contributed by atoms with Crippen molar-refractivity contribution in [2.75, 3.05) is 5.32 Å². The normalized spacial score (nSPS) is 11.9. The van der Waals surface area contributed by atoms with Gasteiger partial charge in [0.1, 0.15) is 6.04 Å². The number of aliphatic carboxylic acids is 1. The van der Waals surface area contributed by atoms with Gasteiger partial charge in [0.15, 0.2) is 5.82 Å². The van der Waals surface area contributed by atoms with Crippen LogP contribution in [0.5, 0.6) is 0 Å². The van der Waals surface area contributed by atoms with E-state index in [0.717, 1.165) is 11.3 Å². The number of anilines is 2. The van der Waals surface area contributed by atoms with Crippen LogP contribution in [0.15, 0.2) is 24.3 Å². The van der Waals surface area contributed by atoms with E-state index in [1.807, 2.05) is 0 Å². The van der Waals surface area contributed by atoms with E-state index in [4.69, 9.17) is 10.8 Å². The number of aromatic nitrogens is 4. The van der Waals surface area contributed by atoms with Gasteiger partial charge in [-0.2, -0.15) is 0 Å². The number of hydrogen-bond donors (Lipinski definition) is 3. The summed E-state index contributed by atoms with van der Waals surface area (Å²) < 4.78 is 0. The Kier molecular flexibility index (Phi) is 4.16. The van der Waals surface area contributed by atoms with E-state index in [1.165, 1.54) is 0 Å². The number of nitrogens with one attached hydrogen (secondary N) is 1. The highest BCUT2D eigenvalue weighted by molar-refractivity contribution is 5.73. The molecule has 2 rings (SSSR count). The van der Waals surface area contributed by atoms with Crippen molar-refractivity contribution in [1.82, 2.24) is 20.4 Å². The second kappa shape index (κ2) is 6.02. The number of benzene rings is 1. The molecule has 0 amide bonds. The third-order valence-corrected chi connectivity index (χ3v) is 2.56. The lowest BCUT2D eigenvalue weighted by Crippen LogP contribution is -2.32. The van der Waals surface area contributed by atoms with Crippen LogP contribution in [0.1, 0.15) is 11.4 Å². The molecule has 2 aromatic rings. The van der Waals surface area contributed by atoms with Crippen LogP contribution in [0.3, 0.4) is 0 Å². The first-order chi connectivity index (χ1) is 9.54. The molecule has 1 aromatic heterocycles. The minimum absolute atomic E-state index is 0.278. The molecule has 0 aliphatic carbocycles. The zero-order valence-electron chi connectivity index (χ0n) is 10.8. The molecule has 8 nitrogen and oxygen atoms in total. The van der Waals surface area contributed by atoms with Crippen molar-refractivity contribution in [3.8, 4) is 0 Å². The van der Waals surface area contributed by atoms with Crippen LogP contribution in [0.25, 0.3) is 0 Å². The monoisotopic (exact) mass is 274 g/mol. The molecule has 0 aliphatic heterocycles. The Hall–Kier alpha value is -2.61. The van der Waals surface area contributed by atoms with E-state index in [9.17, 15) is 4.79 Å². The van der Waals surface area contributed by atoms with Crippen LogP contribution in [0, 0.1) is 6.92 Å². The summed E-state index contributed by atoms with van der Waals surface area (Å²) in [6, 6.07) is 6.25. The largest absolute Gasteiger partial charge is 0.480 e. The summed E-state index contributed by atoms with van der Waals surface area (Å²) >= 11 is 0. The summed E-state index contributed by atoms with van der Waals surface area (Å²) in [7, 11) is 0. The first kappa shape index (κ1) is 13.8. The molecule has 104 valence electrons. The van der Waals surface area contributed by atoms with Gasteiger partial charge in [0, 0.05) is 5.69 Å². The fraction of sp³-hybridized carbons (Fsp3) is 0.250. The molecule has 0 bridgehead atoms. The molecule has 0 saturated carbocycles. The van der Waals surface area contributed by atoms with E-state index < -0.39 is 12.0 Å². The van der Waals surface area contributed by atoms with Gasteiger partial charge in [-0.3, -0.25) is 4.79 Å². The quantitative estimate of drug-likeness (QED) is 0.709. The molecule has 8 heteroatoms. The van der Waals surface area contributed by atoms with Crippen LogP contribution >= 0.6 is 0 Å². The SMILES string of the molecule is Cc1nnc(Nc2ccc(C[C@H](N)C(=O)O)cc2)nn1. The predicted octanol–water partition coefficient (Wildman–Crippen LogP) is 0.273. The lowest BCUT2D eigenvalue weighted by molar-refractivity contribution is -0.138. The standard InChI is InChI=1S/C12H14N6O2/c1-7-15-17-12(18-16-7)14-9-4-2-8(3-5-9)6-10(13)11(19)20/h2-5,10H,6,13H2,1H3,(H,19,20)(H,14,17,18)/t10-/m0/s1. The molecular weight excluding hydrogens is 260 g/mol. The van der Waals surface area contributed by atoms with Crippen LogP contribution in [0.2, 0.25) is 0 Å². The third-order valence-electron chi connectivity index (χ3n) is 2.56. The zero-order chi connectivity index (χ0) is 14.5. The molecule has 0 fully saturated rings. The molecule has 0 radical (unpaired) electrons. The van der Waals surface area contributed by atoms with E-state index in [1.54, 1.807) is 31.2 Å². The van der Waals surface area contributed by atoms with Gasteiger partial charge >= 0.3 is 5.97 Å². The van der Waals surface area contributed by atoms with Gasteiger partial charge in [0.2, 0.25) is 0 Å². The number of hydrogen-bond acceptors (Lipinski definition) is 7. The Morgan fingerprint density at radius 3 is 2.40 bits per heavy atom. The average Bonchev–Trinajstić information content (AvgIpc) is 2.43. The molecule has 0 spiro atoms. The topological polar surface area (TPSA) is 127 Å². The van der Waals surface area contributed by atoms with E-state index in [0.29, 0.717) is 11.8 Å². The summed E-state index contributed by atoms with van der Waals surface area (Å²) in [5.41, 5.74) is 7.07. The highest BCUT2D eigenvalue weighted by atomic mass is 16.4.